The van der Waals surface area contributed by atoms with E-state index in [0.717, 1.165) is 11.1 Å². The Hall–Kier alpha value is -3.50. The van der Waals surface area contributed by atoms with Gasteiger partial charge in [0.2, 0.25) is 0 Å². The van der Waals surface area contributed by atoms with Crippen molar-refractivity contribution in [1.29, 1.82) is 0 Å². The first-order chi connectivity index (χ1) is 16.2. The zero-order valence-corrected chi connectivity index (χ0v) is 19.7. The van der Waals surface area contributed by atoms with Crippen molar-refractivity contribution in [3.8, 4) is 0 Å². The Balaban J connectivity index is 1.68. The van der Waals surface area contributed by atoms with E-state index >= 15 is 0 Å². The Morgan fingerprint density at radius 2 is 1.44 bits per heavy atom. The minimum Gasteiger partial charge on any atom is -0.482 e. The second kappa shape index (κ2) is 7.00. The average Bonchev–Trinajstić information content (AvgIpc) is 2.81. The first-order valence-corrected chi connectivity index (χ1v) is 11.7. The molecule has 2 aliphatic carbocycles. The number of hydrogen-bond donors (Lipinski definition) is 0. The van der Waals surface area contributed by atoms with Crippen molar-refractivity contribution in [3.63, 3.8) is 0 Å². The Bertz CT molecular complexity index is 1400. The summed E-state index contributed by atoms with van der Waals surface area (Å²) in [6.07, 6.45) is 7.56. The molecule has 170 valence electrons. The van der Waals surface area contributed by atoms with Crippen LogP contribution in [0.15, 0.2) is 89.6 Å². The van der Waals surface area contributed by atoms with Crippen molar-refractivity contribution >= 4 is 17.3 Å². The third-order valence-corrected chi connectivity index (χ3v) is 6.99. The smallest absolute Gasteiger partial charge is 0.194 e. The molecule has 6 rings (SSSR count). The fourth-order valence-electron chi connectivity index (χ4n) is 5.42. The number of fused-ring (bicyclic) bond motifs is 5. The van der Waals surface area contributed by atoms with Crippen LogP contribution in [0, 0.1) is 5.92 Å². The van der Waals surface area contributed by atoms with Gasteiger partial charge in [0, 0.05) is 39.3 Å². The lowest BCUT2D eigenvalue weighted by Gasteiger charge is -2.42. The van der Waals surface area contributed by atoms with Gasteiger partial charge in [0.1, 0.15) is 11.4 Å². The minimum absolute atomic E-state index is 0.127. The largest absolute Gasteiger partial charge is 0.482 e. The summed E-state index contributed by atoms with van der Waals surface area (Å²) in [5, 5.41) is 0. The molecule has 0 bridgehead atoms. The highest BCUT2D eigenvalue weighted by molar-refractivity contribution is 6.25. The molecule has 2 atom stereocenters. The van der Waals surface area contributed by atoms with E-state index in [2.05, 4.69) is 0 Å². The van der Waals surface area contributed by atoms with Crippen LogP contribution in [0.1, 0.15) is 65.6 Å². The van der Waals surface area contributed by atoms with Crippen LogP contribution in [0.5, 0.6) is 0 Å². The highest BCUT2D eigenvalue weighted by Gasteiger charge is 2.46. The van der Waals surface area contributed by atoms with Gasteiger partial charge in [-0.2, -0.15) is 0 Å². The Kier molecular flexibility index (Phi) is 4.34. The van der Waals surface area contributed by atoms with E-state index in [1.54, 1.807) is 0 Å². The second-order valence-electron chi connectivity index (χ2n) is 10.4. The predicted octanol–water partition coefficient (Wildman–Crippen LogP) is 6.17. The highest BCUT2D eigenvalue weighted by Crippen LogP contribution is 2.50. The zero-order chi connectivity index (χ0) is 23.8. The van der Waals surface area contributed by atoms with Crippen molar-refractivity contribution < 1.29 is 19.1 Å². The van der Waals surface area contributed by atoms with Gasteiger partial charge >= 0.3 is 0 Å². The van der Waals surface area contributed by atoms with E-state index < -0.39 is 11.2 Å². The van der Waals surface area contributed by atoms with Crippen LogP contribution in [0.2, 0.25) is 0 Å². The third-order valence-electron chi connectivity index (χ3n) is 6.99. The lowest BCUT2D eigenvalue weighted by atomic mass is 9.69. The molecule has 0 saturated heterocycles. The molecule has 0 amide bonds. The number of hydrogen-bond acceptors (Lipinski definition) is 4. The summed E-state index contributed by atoms with van der Waals surface area (Å²) < 4.78 is 12.9. The molecule has 4 heteroatoms. The van der Waals surface area contributed by atoms with Gasteiger partial charge in [-0.25, -0.2) is 0 Å². The summed E-state index contributed by atoms with van der Waals surface area (Å²) in [7, 11) is 0. The van der Waals surface area contributed by atoms with Crippen molar-refractivity contribution in [1.82, 2.24) is 0 Å². The van der Waals surface area contributed by atoms with Crippen molar-refractivity contribution in [2.24, 2.45) is 5.92 Å². The summed E-state index contributed by atoms with van der Waals surface area (Å²) in [6, 6.07) is 15.0. The molecule has 4 aliphatic rings. The molecular formula is C30H26O4. The normalized spacial score (nSPS) is 28.0. The Labute approximate surface area is 199 Å². The monoisotopic (exact) mass is 450 g/mol. The lowest BCUT2D eigenvalue weighted by Crippen LogP contribution is -2.39. The summed E-state index contributed by atoms with van der Waals surface area (Å²) >= 11 is 0. The Morgan fingerprint density at radius 3 is 2.21 bits per heavy atom. The maximum Gasteiger partial charge on any atom is 0.194 e. The predicted molar refractivity (Wildman–Crippen MR) is 130 cm³/mol. The number of allylic oxidation sites excluding steroid dienone is 3. The zero-order valence-electron chi connectivity index (χ0n) is 19.7. The van der Waals surface area contributed by atoms with E-state index in [0.29, 0.717) is 33.6 Å². The maximum atomic E-state index is 14.0. The van der Waals surface area contributed by atoms with Gasteiger partial charge in [-0.3, -0.25) is 9.59 Å². The van der Waals surface area contributed by atoms with E-state index in [-0.39, 0.29) is 23.6 Å². The third kappa shape index (κ3) is 3.02. The molecule has 2 heterocycles. The number of benzene rings is 2. The lowest BCUT2D eigenvalue weighted by molar-refractivity contribution is -0.0684. The second-order valence-corrected chi connectivity index (χ2v) is 10.4. The van der Waals surface area contributed by atoms with E-state index in [1.165, 1.54) is 0 Å². The molecular weight excluding hydrogens is 424 g/mol. The van der Waals surface area contributed by atoms with Crippen LogP contribution < -0.4 is 0 Å². The fraction of sp³-hybridized carbons (Fsp3) is 0.267. The molecule has 4 nitrogen and oxygen atoms in total. The molecule has 0 saturated carbocycles. The maximum absolute atomic E-state index is 14.0. The van der Waals surface area contributed by atoms with Crippen LogP contribution in [0.25, 0.3) is 5.76 Å². The first kappa shape index (κ1) is 21.1. The number of ether oxygens (including phenoxy) is 2. The molecule has 34 heavy (non-hydrogen) atoms. The Morgan fingerprint density at radius 1 is 0.765 bits per heavy atom. The fourth-order valence-corrected chi connectivity index (χ4v) is 5.42. The molecule has 0 fully saturated rings. The molecule has 0 radical (unpaired) electrons. The van der Waals surface area contributed by atoms with Gasteiger partial charge in [-0.05, 0) is 39.3 Å². The summed E-state index contributed by atoms with van der Waals surface area (Å²) in [4.78, 5) is 28.0. The summed E-state index contributed by atoms with van der Waals surface area (Å²) in [6.45, 7) is 7.98. The minimum atomic E-state index is -0.522. The van der Waals surface area contributed by atoms with Crippen LogP contribution in [-0.2, 0) is 9.47 Å². The SMILES string of the molecule is CC1(C)C=CC2=C(O1)c1ccccc1C(=O)C2=C1C(=O)c2ccccc2[C@@H]2OC(C)(C)C=C[C@@H]12. The summed E-state index contributed by atoms with van der Waals surface area (Å²) in [5.74, 6) is 0.00538. The highest BCUT2D eigenvalue weighted by atomic mass is 16.5. The van der Waals surface area contributed by atoms with Crippen LogP contribution in [-0.4, -0.2) is 22.8 Å². The summed E-state index contributed by atoms with van der Waals surface area (Å²) in [5.41, 5.74) is 3.35. The molecule has 0 aromatic heterocycles. The van der Waals surface area contributed by atoms with Crippen LogP contribution >= 0.6 is 0 Å². The van der Waals surface area contributed by atoms with Gasteiger partial charge in [0.25, 0.3) is 0 Å². The molecule has 0 spiro atoms. The van der Waals surface area contributed by atoms with Gasteiger partial charge in [0.15, 0.2) is 11.6 Å². The van der Waals surface area contributed by atoms with Gasteiger partial charge in [-0.15, -0.1) is 0 Å². The average molecular weight is 451 g/mol. The number of carbonyl (C=O) groups is 2. The molecule has 2 aromatic rings. The number of Topliss-reactive ketones (excluding diaryl/α,β-unsaturated/α-hetero) is 2. The number of rotatable bonds is 0. The van der Waals surface area contributed by atoms with Crippen LogP contribution in [0.3, 0.4) is 0 Å². The van der Waals surface area contributed by atoms with E-state index in [9.17, 15) is 9.59 Å². The van der Waals surface area contributed by atoms with E-state index in [1.807, 2.05) is 101 Å². The standard InChI is InChI=1S/C30H26O4/c1-29(2)15-13-21-23(25(31)17-9-5-7-11-19(17)27(21)33-29)24-22-14-16-30(3,4)34-28(22)20-12-8-6-10-18(20)26(24)32/h5-16,21,27H,1-4H3/t21-,27-/m0/s1. The van der Waals surface area contributed by atoms with Gasteiger partial charge in [0.05, 0.1) is 11.7 Å². The first-order valence-electron chi connectivity index (χ1n) is 11.7. The van der Waals surface area contributed by atoms with Crippen molar-refractivity contribution in [3.05, 3.63) is 112 Å². The molecule has 2 aliphatic heterocycles. The molecule has 0 N–H and O–H groups in total. The topological polar surface area (TPSA) is 52.6 Å². The van der Waals surface area contributed by atoms with Crippen LogP contribution in [0.4, 0.5) is 0 Å². The number of ketones is 2. The molecule has 0 unspecified atom stereocenters. The van der Waals surface area contributed by atoms with Crippen molar-refractivity contribution in [2.75, 3.05) is 0 Å². The van der Waals surface area contributed by atoms with Gasteiger partial charge in [-0.1, -0.05) is 66.8 Å². The quantitative estimate of drug-likeness (QED) is 0.356. The molecule has 2 aromatic carbocycles. The van der Waals surface area contributed by atoms with Gasteiger partial charge < -0.3 is 9.47 Å². The number of carbonyl (C=O) groups excluding carboxylic acids is 2. The van der Waals surface area contributed by atoms with Crippen molar-refractivity contribution in [2.45, 2.75) is 45.0 Å². The van der Waals surface area contributed by atoms with E-state index in [4.69, 9.17) is 9.47 Å².